The fourth-order valence-corrected chi connectivity index (χ4v) is 2.54. The number of amides is 1. The fourth-order valence-electron chi connectivity index (χ4n) is 1.77. The smallest absolute Gasteiger partial charge is 0.262 e. The Morgan fingerprint density at radius 3 is 2.45 bits per heavy atom. The van der Waals surface area contributed by atoms with Crippen molar-refractivity contribution in [3.05, 3.63) is 33.8 Å². The van der Waals surface area contributed by atoms with Crippen LogP contribution in [0.2, 0.25) is 0 Å². The maximum atomic E-state index is 11.5. The minimum Gasteiger partial charge on any atom is -0.502 e. The molecular formula is C15H16N2O4S. The van der Waals surface area contributed by atoms with E-state index in [9.17, 15) is 9.90 Å². The summed E-state index contributed by atoms with van der Waals surface area (Å²) in [6.45, 7) is 0. The molecule has 0 radical (unpaired) electrons. The van der Waals surface area contributed by atoms with Crippen LogP contribution in [0.5, 0.6) is 17.2 Å². The van der Waals surface area contributed by atoms with Gasteiger partial charge in [-0.3, -0.25) is 4.79 Å². The standard InChI is InChI=1S/C15H16N2O4S/c1-16-15(19)12-8-17-13(22-12)5-4-9-6-10(20-2)14(18)11(7-9)21-3/h4-8,18H,1-3H3,(H,16,19)/b5-4-. The van der Waals surface area contributed by atoms with Crippen LogP contribution in [0, 0.1) is 0 Å². The second-order valence-electron chi connectivity index (χ2n) is 4.25. The van der Waals surface area contributed by atoms with Gasteiger partial charge in [0.1, 0.15) is 9.88 Å². The van der Waals surface area contributed by atoms with Crippen molar-refractivity contribution in [2.24, 2.45) is 0 Å². The van der Waals surface area contributed by atoms with Crippen molar-refractivity contribution in [3.8, 4) is 17.2 Å². The van der Waals surface area contributed by atoms with E-state index in [4.69, 9.17) is 9.47 Å². The number of aromatic nitrogens is 1. The van der Waals surface area contributed by atoms with Gasteiger partial charge < -0.3 is 19.9 Å². The van der Waals surface area contributed by atoms with Gasteiger partial charge in [0, 0.05) is 7.05 Å². The Morgan fingerprint density at radius 2 is 1.91 bits per heavy atom. The predicted octanol–water partition coefficient (Wildman–Crippen LogP) is 2.40. The first-order valence-corrected chi connectivity index (χ1v) is 7.21. The number of benzene rings is 1. The molecule has 2 aromatic rings. The Hall–Kier alpha value is -2.54. The summed E-state index contributed by atoms with van der Waals surface area (Å²) in [5, 5.41) is 13.1. The number of carbonyl (C=O) groups is 1. The predicted molar refractivity (Wildman–Crippen MR) is 85.6 cm³/mol. The maximum absolute atomic E-state index is 11.5. The molecule has 1 aromatic heterocycles. The first kappa shape index (κ1) is 15.8. The van der Waals surface area contributed by atoms with Crippen LogP contribution in [0.3, 0.4) is 0 Å². The summed E-state index contributed by atoms with van der Waals surface area (Å²) in [7, 11) is 4.52. The number of thiazole rings is 1. The fraction of sp³-hybridized carbons (Fsp3) is 0.200. The normalized spacial score (nSPS) is 10.7. The topological polar surface area (TPSA) is 80.7 Å². The van der Waals surface area contributed by atoms with E-state index < -0.39 is 0 Å². The van der Waals surface area contributed by atoms with Gasteiger partial charge in [0.15, 0.2) is 11.5 Å². The molecule has 6 nitrogen and oxygen atoms in total. The third-order valence-corrected chi connectivity index (χ3v) is 3.86. The number of aromatic hydroxyl groups is 1. The van der Waals surface area contributed by atoms with Crippen molar-refractivity contribution < 1.29 is 19.4 Å². The van der Waals surface area contributed by atoms with Gasteiger partial charge >= 0.3 is 0 Å². The second kappa shape index (κ2) is 6.95. The van der Waals surface area contributed by atoms with E-state index in [1.54, 1.807) is 31.3 Å². The van der Waals surface area contributed by atoms with Crippen LogP contribution in [0.4, 0.5) is 0 Å². The third-order valence-electron chi connectivity index (χ3n) is 2.89. The summed E-state index contributed by atoms with van der Waals surface area (Å²) in [6, 6.07) is 3.36. The molecule has 0 saturated carbocycles. The number of hydrogen-bond acceptors (Lipinski definition) is 6. The molecule has 0 fully saturated rings. The van der Waals surface area contributed by atoms with Crippen LogP contribution in [-0.2, 0) is 0 Å². The van der Waals surface area contributed by atoms with E-state index in [2.05, 4.69) is 10.3 Å². The third kappa shape index (κ3) is 3.37. The molecular weight excluding hydrogens is 304 g/mol. The van der Waals surface area contributed by atoms with Gasteiger partial charge in [0.2, 0.25) is 5.75 Å². The quantitative estimate of drug-likeness (QED) is 0.884. The molecule has 0 saturated heterocycles. The van der Waals surface area contributed by atoms with Gasteiger partial charge in [0.25, 0.3) is 5.91 Å². The first-order valence-electron chi connectivity index (χ1n) is 6.40. The van der Waals surface area contributed by atoms with Crippen LogP contribution >= 0.6 is 11.3 Å². The average Bonchev–Trinajstić information content (AvgIpc) is 3.02. The number of phenols is 1. The van der Waals surface area contributed by atoms with Crippen molar-refractivity contribution in [1.82, 2.24) is 10.3 Å². The van der Waals surface area contributed by atoms with Crippen LogP contribution < -0.4 is 14.8 Å². The molecule has 1 heterocycles. The maximum Gasteiger partial charge on any atom is 0.262 e. The summed E-state index contributed by atoms with van der Waals surface area (Å²) < 4.78 is 10.2. The van der Waals surface area contributed by atoms with Crippen LogP contribution in [0.1, 0.15) is 20.2 Å². The summed E-state index contributed by atoms with van der Waals surface area (Å²) in [5.41, 5.74) is 0.781. The largest absolute Gasteiger partial charge is 0.502 e. The lowest BCUT2D eigenvalue weighted by molar-refractivity contribution is 0.0967. The number of methoxy groups -OCH3 is 2. The van der Waals surface area contributed by atoms with Crippen molar-refractivity contribution in [3.63, 3.8) is 0 Å². The van der Waals surface area contributed by atoms with Gasteiger partial charge in [-0.15, -0.1) is 11.3 Å². The molecule has 22 heavy (non-hydrogen) atoms. The summed E-state index contributed by atoms with van der Waals surface area (Å²) >= 11 is 1.29. The molecule has 2 N–H and O–H groups in total. The van der Waals surface area contributed by atoms with Crippen molar-refractivity contribution in [2.45, 2.75) is 0 Å². The van der Waals surface area contributed by atoms with Crippen LogP contribution in [0.25, 0.3) is 12.2 Å². The van der Waals surface area contributed by atoms with Gasteiger partial charge in [-0.25, -0.2) is 4.98 Å². The highest BCUT2D eigenvalue weighted by molar-refractivity contribution is 7.14. The van der Waals surface area contributed by atoms with Crippen LogP contribution in [0.15, 0.2) is 18.3 Å². The van der Waals surface area contributed by atoms with E-state index in [-0.39, 0.29) is 11.7 Å². The highest BCUT2D eigenvalue weighted by atomic mass is 32.1. The minimum atomic E-state index is -0.162. The van der Waals surface area contributed by atoms with Crippen LogP contribution in [-0.4, -0.2) is 37.3 Å². The lowest BCUT2D eigenvalue weighted by atomic mass is 10.1. The Bertz CT molecular complexity index is 684. The molecule has 0 aliphatic carbocycles. The molecule has 0 atom stereocenters. The van der Waals surface area contributed by atoms with E-state index >= 15 is 0 Å². The highest BCUT2D eigenvalue weighted by Crippen LogP contribution is 2.37. The number of carbonyl (C=O) groups excluding carboxylic acids is 1. The average molecular weight is 320 g/mol. The van der Waals surface area contributed by atoms with Gasteiger partial charge in [-0.2, -0.15) is 0 Å². The zero-order valence-corrected chi connectivity index (χ0v) is 13.2. The van der Waals surface area contributed by atoms with Gasteiger partial charge in [-0.1, -0.05) is 6.08 Å². The monoisotopic (exact) mass is 320 g/mol. The molecule has 1 amide bonds. The van der Waals surface area contributed by atoms with E-state index in [0.717, 1.165) is 5.56 Å². The SMILES string of the molecule is CNC(=O)c1cnc(/C=C\c2cc(OC)c(O)c(OC)c2)s1. The Morgan fingerprint density at radius 1 is 1.27 bits per heavy atom. The number of phenolic OH excluding ortho intramolecular Hbond substituents is 1. The lowest BCUT2D eigenvalue weighted by Crippen LogP contribution is -2.16. The van der Waals surface area contributed by atoms with E-state index in [1.807, 2.05) is 0 Å². The zero-order chi connectivity index (χ0) is 16.1. The highest BCUT2D eigenvalue weighted by Gasteiger charge is 2.10. The summed E-state index contributed by atoms with van der Waals surface area (Å²) in [4.78, 5) is 16.2. The molecule has 116 valence electrons. The van der Waals surface area contributed by atoms with Crippen molar-refractivity contribution >= 4 is 29.4 Å². The number of ether oxygens (including phenoxy) is 2. The Labute approximate surface area is 132 Å². The van der Waals surface area contributed by atoms with Crippen molar-refractivity contribution in [1.29, 1.82) is 0 Å². The van der Waals surface area contributed by atoms with Gasteiger partial charge in [0.05, 0.1) is 20.4 Å². The Balaban J connectivity index is 2.26. The molecule has 1 aromatic carbocycles. The zero-order valence-electron chi connectivity index (χ0n) is 12.4. The lowest BCUT2D eigenvalue weighted by Gasteiger charge is -2.09. The number of rotatable bonds is 5. The molecule has 2 rings (SSSR count). The minimum absolute atomic E-state index is 0.0432. The Kier molecular flexibility index (Phi) is 5.00. The first-order chi connectivity index (χ1) is 10.6. The number of nitrogens with one attached hydrogen (secondary N) is 1. The van der Waals surface area contributed by atoms with Gasteiger partial charge in [-0.05, 0) is 23.8 Å². The number of hydrogen-bond donors (Lipinski definition) is 2. The molecule has 0 spiro atoms. The summed E-state index contributed by atoms with van der Waals surface area (Å²) in [6.07, 6.45) is 5.11. The molecule has 0 aliphatic rings. The second-order valence-corrected chi connectivity index (χ2v) is 5.31. The summed E-state index contributed by atoms with van der Waals surface area (Å²) in [5.74, 6) is 0.441. The number of nitrogens with zero attached hydrogens (tertiary/aromatic N) is 1. The van der Waals surface area contributed by atoms with E-state index in [1.165, 1.54) is 31.8 Å². The van der Waals surface area contributed by atoms with Crippen molar-refractivity contribution in [2.75, 3.05) is 21.3 Å². The van der Waals surface area contributed by atoms with E-state index in [0.29, 0.717) is 21.4 Å². The molecule has 7 heteroatoms. The molecule has 0 bridgehead atoms. The molecule has 0 unspecified atom stereocenters. The molecule has 0 aliphatic heterocycles.